The van der Waals surface area contributed by atoms with Crippen molar-refractivity contribution in [2.75, 3.05) is 0 Å². The quantitative estimate of drug-likeness (QED) is 0.312. The fraction of sp³-hybridized carbons (Fsp3) is 0.300. The highest BCUT2D eigenvalue weighted by atomic mass is 32.2. The zero-order chi connectivity index (χ0) is 22.1. The zero-order valence-corrected chi connectivity index (χ0v) is 17.8. The summed E-state index contributed by atoms with van der Waals surface area (Å²) >= 11 is 6.63. The number of benzene rings is 1. The molecule has 4 rings (SSSR count). The molecular formula is C20H18N4O5S2. The molecule has 1 N–H and O–H groups in total. The van der Waals surface area contributed by atoms with Crippen LogP contribution >= 0.6 is 24.0 Å². The Morgan fingerprint density at radius 1 is 1.23 bits per heavy atom. The van der Waals surface area contributed by atoms with Gasteiger partial charge in [-0.1, -0.05) is 24.0 Å². The van der Waals surface area contributed by atoms with E-state index in [4.69, 9.17) is 17.3 Å². The number of amides is 1. The summed E-state index contributed by atoms with van der Waals surface area (Å²) < 4.78 is 2.05. The van der Waals surface area contributed by atoms with Gasteiger partial charge in [0.15, 0.2) is 0 Å². The highest BCUT2D eigenvalue weighted by molar-refractivity contribution is 8.26. The van der Waals surface area contributed by atoms with Crippen LogP contribution in [0.25, 0.3) is 11.8 Å². The molecule has 0 bridgehead atoms. The lowest BCUT2D eigenvalue weighted by atomic mass is 9.85. The van der Waals surface area contributed by atoms with E-state index < -0.39 is 10.9 Å². The van der Waals surface area contributed by atoms with Crippen molar-refractivity contribution in [1.82, 2.24) is 14.7 Å². The smallest absolute Gasteiger partial charge is 0.306 e. The molecule has 2 aromatic rings. The number of nitrogens with zero attached hydrogens (tertiary/aromatic N) is 4. The van der Waals surface area contributed by atoms with Crippen LogP contribution in [-0.2, 0) is 9.59 Å². The maximum Gasteiger partial charge on any atom is 0.306 e. The van der Waals surface area contributed by atoms with Crippen molar-refractivity contribution < 1.29 is 19.6 Å². The van der Waals surface area contributed by atoms with Crippen LogP contribution in [0.5, 0.6) is 0 Å². The number of carbonyl (C=O) groups excluding carboxylic acids is 1. The Hall–Kier alpha value is -3.05. The van der Waals surface area contributed by atoms with Gasteiger partial charge in [0.1, 0.15) is 4.32 Å². The number of thiocarbonyl (C=S) groups is 1. The van der Waals surface area contributed by atoms with E-state index in [0.29, 0.717) is 46.3 Å². The van der Waals surface area contributed by atoms with Crippen molar-refractivity contribution in [2.45, 2.75) is 31.7 Å². The van der Waals surface area contributed by atoms with Crippen molar-refractivity contribution in [3.8, 4) is 5.69 Å². The van der Waals surface area contributed by atoms with Crippen molar-refractivity contribution in [1.29, 1.82) is 0 Å². The molecule has 1 aromatic heterocycles. The second kappa shape index (κ2) is 8.60. The van der Waals surface area contributed by atoms with Crippen LogP contribution in [0.1, 0.15) is 31.4 Å². The molecule has 1 aromatic carbocycles. The minimum Gasteiger partial charge on any atom is -0.481 e. The summed E-state index contributed by atoms with van der Waals surface area (Å²) in [5.41, 5.74) is 1.22. The number of hydrogen-bond donors (Lipinski definition) is 1. The molecule has 9 nitrogen and oxygen atoms in total. The first-order valence-electron chi connectivity index (χ1n) is 9.64. The standard InChI is InChI=1S/C20H18N4O5S2/c25-18-17(31-20(30)23(18)15-3-1-12(2-4-15)19(26)27)11-13-9-10-22(21-13)14-5-7-16(8-6-14)24(28)29/h5-12,15H,1-4H2,(H,26,27)/b17-11-. The van der Waals surface area contributed by atoms with Crippen molar-refractivity contribution in [3.05, 3.63) is 57.2 Å². The summed E-state index contributed by atoms with van der Waals surface area (Å²) in [4.78, 5) is 36.5. The van der Waals surface area contributed by atoms with Gasteiger partial charge in [0, 0.05) is 24.4 Å². The molecule has 1 saturated carbocycles. The number of aliphatic carboxylic acids is 1. The number of thioether (sulfide) groups is 1. The number of carboxylic acid groups (broad SMARTS) is 1. The fourth-order valence-corrected chi connectivity index (χ4v) is 5.18. The summed E-state index contributed by atoms with van der Waals surface area (Å²) in [6.07, 6.45) is 5.69. The van der Waals surface area contributed by atoms with Gasteiger partial charge in [0.05, 0.1) is 27.1 Å². The Balaban J connectivity index is 1.47. The third kappa shape index (κ3) is 4.37. The van der Waals surface area contributed by atoms with Gasteiger partial charge in [-0.2, -0.15) is 5.10 Å². The van der Waals surface area contributed by atoms with E-state index in [9.17, 15) is 19.7 Å². The molecule has 0 unspecified atom stereocenters. The molecule has 2 aliphatic rings. The van der Waals surface area contributed by atoms with Crippen LogP contribution in [0.4, 0.5) is 5.69 Å². The first-order chi connectivity index (χ1) is 14.8. The highest BCUT2D eigenvalue weighted by Gasteiger charge is 2.39. The summed E-state index contributed by atoms with van der Waals surface area (Å²) in [5.74, 6) is -1.32. The van der Waals surface area contributed by atoms with E-state index in [0.717, 1.165) is 0 Å². The molecule has 11 heteroatoms. The van der Waals surface area contributed by atoms with Gasteiger partial charge in [0.25, 0.3) is 11.6 Å². The third-order valence-electron chi connectivity index (χ3n) is 5.45. The predicted octanol–water partition coefficient (Wildman–Crippen LogP) is 3.63. The topological polar surface area (TPSA) is 119 Å². The fourth-order valence-electron chi connectivity index (χ4n) is 3.80. The van der Waals surface area contributed by atoms with Crippen LogP contribution in [-0.4, -0.2) is 46.9 Å². The van der Waals surface area contributed by atoms with Gasteiger partial charge in [-0.25, -0.2) is 4.68 Å². The van der Waals surface area contributed by atoms with Gasteiger partial charge in [-0.05, 0) is 50.0 Å². The molecule has 2 fully saturated rings. The van der Waals surface area contributed by atoms with Gasteiger partial charge in [-0.3, -0.25) is 24.6 Å². The average molecular weight is 459 g/mol. The van der Waals surface area contributed by atoms with Crippen LogP contribution in [0, 0.1) is 16.0 Å². The molecule has 2 heterocycles. The van der Waals surface area contributed by atoms with Gasteiger partial charge < -0.3 is 5.11 Å². The summed E-state index contributed by atoms with van der Waals surface area (Å²) in [5, 5.41) is 24.4. The molecular weight excluding hydrogens is 440 g/mol. The number of aromatic nitrogens is 2. The molecule has 1 aliphatic heterocycles. The Bertz CT molecular complexity index is 1090. The lowest BCUT2D eigenvalue weighted by Gasteiger charge is -2.32. The Morgan fingerprint density at radius 3 is 2.52 bits per heavy atom. The number of nitro benzene ring substituents is 1. The summed E-state index contributed by atoms with van der Waals surface area (Å²) in [6, 6.07) is 7.67. The largest absolute Gasteiger partial charge is 0.481 e. The van der Waals surface area contributed by atoms with E-state index in [1.165, 1.54) is 23.9 Å². The second-order valence-corrected chi connectivity index (χ2v) is 9.03. The number of nitro groups is 1. The zero-order valence-electron chi connectivity index (χ0n) is 16.2. The van der Waals surface area contributed by atoms with E-state index in [1.807, 2.05) is 0 Å². The van der Waals surface area contributed by atoms with Crippen LogP contribution < -0.4 is 0 Å². The molecule has 31 heavy (non-hydrogen) atoms. The predicted molar refractivity (Wildman–Crippen MR) is 119 cm³/mol. The van der Waals surface area contributed by atoms with E-state index in [-0.39, 0.29) is 23.6 Å². The number of non-ortho nitro benzene ring substituents is 1. The lowest BCUT2D eigenvalue weighted by molar-refractivity contribution is -0.384. The third-order valence-corrected chi connectivity index (χ3v) is 6.78. The molecule has 160 valence electrons. The van der Waals surface area contributed by atoms with Gasteiger partial charge >= 0.3 is 5.97 Å². The first kappa shape index (κ1) is 21.2. The van der Waals surface area contributed by atoms with Crippen LogP contribution in [0.2, 0.25) is 0 Å². The number of hydrogen-bond acceptors (Lipinski definition) is 7. The van der Waals surface area contributed by atoms with Gasteiger partial charge in [-0.15, -0.1) is 0 Å². The van der Waals surface area contributed by atoms with Crippen molar-refractivity contribution in [3.63, 3.8) is 0 Å². The molecule has 1 amide bonds. The van der Waals surface area contributed by atoms with E-state index >= 15 is 0 Å². The normalized spacial score (nSPS) is 22.8. The lowest BCUT2D eigenvalue weighted by Crippen LogP contribution is -2.41. The monoisotopic (exact) mass is 458 g/mol. The minimum absolute atomic E-state index is 0.00260. The number of carboxylic acids is 1. The molecule has 1 aliphatic carbocycles. The Morgan fingerprint density at radius 2 is 1.90 bits per heavy atom. The maximum absolute atomic E-state index is 12.9. The maximum atomic E-state index is 12.9. The molecule has 0 atom stereocenters. The molecule has 1 saturated heterocycles. The SMILES string of the molecule is O=C(O)C1CCC(N2C(=O)/C(=C/c3ccn(-c4ccc([N+](=O)[O-])cc4)n3)SC2=S)CC1. The first-order valence-corrected chi connectivity index (χ1v) is 10.9. The molecule has 0 radical (unpaired) electrons. The van der Waals surface area contributed by atoms with Gasteiger partial charge in [0.2, 0.25) is 0 Å². The Kier molecular flexibility index (Phi) is 5.88. The average Bonchev–Trinajstić information content (AvgIpc) is 3.32. The number of carbonyl (C=O) groups is 2. The summed E-state index contributed by atoms with van der Waals surface area (Å²) in [6.45, 7) is 0. The van der Waals surface area contributed by atoms with Crippen LogP contribution in [0.15, 0.2) is 41.4 Å². The Labute approximate surface area is 186 Å². The van der Waals surface area contributed by atoms with Crippen LogP contribution in [0.3, 0.4) is 0 Å². The minimum atomic E-state index is -0.785. The van der Waals surface area contributed by atoms with Crippen molar-refractivity contribution >= 4 is 51.9 Å². The number of rotatable bonds is 5. The summed E-state index contributed by atoms with van der Waals surface area (Å²) in [7, 11) is 0. The van der Waals surface area contributed by atoms with E-state index in [1.54, 1.807) is 40.1 Å². The van der Waals surface area contributed by atoms with Crippen molar-refractivity contribution in [2.24, 2.45) is 5.92 Å². The second-order valence-electron chi connectivity index (χ2n) is 7.35. The highest BCUT2D eigenvalue weighted by Crippen LogP contribution is 2.38. The van der Waals surface area contributed by atoms with E-state index in [2.05, 4.69) is 5.10 Å². The molecule has 0 spiro atoms.